The van der Waals surface area contributed by atoms with Crippen molar-refractivity contribution in [2.75, 3.05) is 18.8 Å². The number of nitrogens with zero attached hydrogens (tertiary/aromatic N) is 2. The van der Waals surface area contributed by atoms with E-state index in [2.05, 4.69) is 10.6 Å². The number of amides is 2. The Morgan fingerprint density at radius 2 is 2.14 bits per heavy atom. The Hall–Kier alpha value is -2.15. The van der Waals surface area contributed by atoms with Crippen LogP contribution in [-0.4, -0.2) is 30.2 Å². The molecule has 0 unspecified atom stereocenters. The van der Waals surface area contributed by atoms with Gasteiger partial charge in [0.15, 0.2) is 0 Å². The summed E-state index contributed by atoms with van der Waals surface area (Å²) in [6.07, 6.45) is 2.76. The third kappa shape index (κ3) is 3.30. The van der Waals surface area contributed by atoms with E-state index in [-0.39, 0.29) is 11.9 Å². The molecule has 1 aliphatic rings. The second-order valence-electron chi connectivity index (χ2n) is 4.93. The topological polar surface area (TPSA) is 118 Å². The molecule has 0 atom stereocenters. The maximum absolute atomic E-state index is 11.6. The van der Waals surface area contributed by atoms with Gasteiger partial charge in [0.2, 0.25) is 0 Å². The zero-order valence-corrected chi connectivity index (χ0v) is 12.2. The number of hydrogen-bond acceptors (Lipinski definition) is 5. The molecule has 7 nitrogen and oxygen atoms in total. The summed E-state index contributed by atoms with van der Waals surface area (Å²) in [5.41, 5.74) is 16.8. The van der Waals surface area contributed by atoms with E-state index in [1.165, 1.54) is 6.21 Å². The van der Waals surface area contributed by atoms with Crippen LogP contribution in [0, 0.1) is 10.9 Å². The lowest BCUT2D eigenvalue weighted by Gasteiger charge is -2.32. The van der Waals surface area contributed by atoms with Gasteiger partial charge in [-0.1, -0.05) is 16.8 Å². The van der Waals surface area contributed by atoms with Crippen LogP contribution >= 0.6 is 11.6 Å². The number of nitrogens with two attached hydrogens (primary N) is 1. The maximum Gasteiger partial charge on any atom is 0.339 e. The van der Waals surface area contributed by atoms with E-state index in [4.69, 9.17) is 28.3 Å². The number of hydrogen-bond donors (Lipinski definition) is 4. The smallest absolute Gasteiger partial charge is 0.339 e. The van der Waals surface area contributed by atoms with E-state index in [0.29, 0.717) is 29.4 Å². The standard InChI is InChI=1S/C13H17ClN6O/c14-9-5-10(11(7-15)12(16)6-9)8-1-3-20(4-2-8)13(21)18-19-17/h5-8,15H,1-4,16H2,(H2,17,18,21). The van der Waals surface area contributed by atoms with E-state index in [1.54, 1.807) is 11.0 Å². The molecule has 1 saturated heterocycles. The molecule has 2 amide bonds. The molecule has 1 fully saturated rings. The fourth-order valence-electron chi connectivity index (χ4n) is 2.68. The molecule has 0 radical (unpaired) electrons. The summed E-state index contributed by atoms with van der Waals surface area (Å²) < 4.78 is 0. The van der Waals surface area contributed by atoms with E-state index < -0.39 is 0 Å². The fourth-order valence-corrected chi connectivity index (χ4v) is 2.91. The highest BCUT2D eigenvalue weighted by molar-refractivity contribution is 6.31. The van der Waals surface area contributed by atoms with Crippen LogP contribution in [0.4, 0.5) is 10.5 Å². The number of piperidine rings is 1. The Morgan fingerprint density at radius 1 is 1.48 bits per heavy atom. The zero-order chi connectivity index (χ0) is 15.4. The zero-order valence-electron chi connectivity index (χ0n) is 11.4. The lowest BCUT2D eigenvalue weighted by molar-refractivity contribution is 0.181. The first kappa shape index (κ1) is 15.2. The molecule has 1 aromatic carbocycles. The van der Waals surface area contributed by atoms with Gasteiger partial charge in [-0.2, -0.15) is 5.53 Å². The van der Waals surface area contributed by atoms with Crippen LogP contribution in [0.25, 0.3) is 0 Å². The molecule has 0 spiro atoms. The van der Waals surface area contributed by atoms with Crippen LogP contribution in [0.15, 0.2) is 17.4 Å². The summed E-state index contributed by atoms with van der Waals surface area (Å²) in [5, 5.41) is 11.0. The van der Waals surface area contributed by atoms with Gasteiger partial charge in [-0.05, 0) is 36.5 Å². The monoisotopic (exact) mass is 308 g/mol. The van der Waals surface area contributed by atoms with Crippen LogP contribution in [0.5, 0.6) is 0 Å². The van der Waals surface area contributed by atoms with Gasteiger partial charge in [0.05, 0.1) is 0 Å². The minimum Gasteiger partial charge on any atom is -0.398 e. The lowest BCUT2D eigenvalue weighted by atomic mass is 9.86. The molecule has 2 rings (SSSR count). The number of urea groups is 1. The first-order valence-corrected chi connectivity index (χ1v) is 6.95. The highest BCUT2D eigenvalue weighted by Crippen LogP contribution is 2.34. The van der Waals surface area contributed by atoms with E-state index in [9.17, 15) is 4.79 Å². The van der Waals surface area contributed by atoms with Crippen molar-refractivity contribution in [2.24, 2.45) is 5.22 Å². The number of halogens is 1. The summed E-state index contributed by atoms with van der Waals surface area (Å²) in [6, 6.07) is 3.13. The Kier molecular flexibility index (Phi) is 4.74. The molecule has 1 aliphatic heterocycles. The number of carbonyl (C=O) groups is 1. The largest absolute Gasteiger partial charge is 0.398 e. The molecule has 21 heavy (non-hydrogen) atoms. The molecule has 0 saturated carbocycles. The van der Waals surface area contributed by atoms with E-state index >= 15 is 0 Å². The summed E-state index contributed by atoms with van der Waals surface area (Å²) in [5.74, 6) is 0.208. The van der Waals surface area contributed by atoms with Crippen LogP contribution in [0.2, 0.25) is 5.02 Å². The summed E-state index contributed by atoms with van der Waals surface area (Å²) in [4.78, 5) is 13.2. The number of nitrogens with one attached hydrogen (secondary N) is 3. The van der Waals surface area contributed by atoms with Gasteiger partial charge in [-0.15, -0.1) is 0 Å². The summed E-state index contributed by atoms with van der Waals surface area (Å²) >= 11 is 6.06. The van der Waals surface area contributed by atoms with Crippen LogP contribution in [-0.2, 0) is 0 Å². The third-order valence-corrected chi connectivity index (χ3v) is 3.94. The summed E-state index contributed by atoms with van der Waals surface area (Å²) in [7, 11) is 0. The van der Waals surface area contributed by atoms with Gasteiger partial charge in [-0.25, -0.2) is 10.2 Å². The predicted molar refractivity (Wildman–Crippen MR) is 81.0 cm³/mol. The van der Waals surface area contributed by atoms with Gasteiger partial charge < -0.3 is 16.0 Å². The van der Waals surface area contributed by atoms with Gasteiger partial charge in [0.1, 0.15) is 0 Å². The average Bonchev–Trinajstić information content (AvgIpc) is 2.47. The van der Waals surface area contributed by atoms with Crippen molar-refractivity contribution in [2.45, 2.75) is 18.8 Å². The Labute approximate surface area is 127 Å². The first-order valence-electron chi connectivity index (χ1n) is 6.57. The van der Waals surface area contributed by atoms with Crippen molar-refractivity contribution in [1.82, 2.24) is 10.3 Å². The minimum absolute atomic E-state index is 0.208. The molecule has 1 aromatic rings. The number of anilines is 1. The number of carbonyl (C=O) groups excluding carboxylic acids is 1. The number of nitrogen functional groups attached to an aromatic ring is 1. The highest BCUT2D eigenvalue weighted by Gasteiger charge is 2.25. The predicted octanol–water partition coefficient (Wildman–Crippen LogP) is 2.75. The van der Waals surface area contributed by atoms with Crippen LogP contribution in [0.1, 0.15) is 29.9 Å². The van der Waals surface area contributed by atoms with Crippen molar-refractivity contribution in [3.8, 4) is 0 Å². The molecular weight excluding hydrogens is 292 g/mol. The molecule has 112 valence electrons. The molecule has 1 heterocycles. The molecule has 5 N–H and O–H groups in total. The second-order valence-corrected chi connectivity index (χ2v) is 5.37. The molecular formula is C13H17ClN6O. The van der Waals surface area contributed by atoms with E-state index in [0.717, 1.165) is 18.4 Å². The highest BCUT2D eigenvalue weighted by atomic mass is 35.5. The second kappa shape index (κ2) is 6.53. The van der Waals surface area contributed by atoms with Gasteiger partial charge in [-0.3, -0.25) is 0 Å². The first-order chi connectivity index (χ1) is 10.1. The summed E-state index contributed by atoms with van der Waals surface area (Å²) in [6.45, 7) is 1.13. The average molecular weight is 309 g/mol. The van der Waals surface area contributed by atoms with Crippen LogP contribution in [0.3, 0.4) is 0 Å². The van der Waals surface area contributed by atoms with Gasteiger partial charge in [0.25, 0.3) is 0 Å². The molecule has 8 heteroatoms. The quantitative estimate of drug-likeness (QED) is 0.297. The Balaban J connectivity index is 2.14. The van der Waals surface area contributed by atoms with Crippen molar-refractivity contribution in [3.63, 3.8) is 0 Å². The van der Waals surface area contributed by atoms with Crippen LogP contribution < -0.4 is 11.2 Å². The number of likely N-dealkylation sites (tertiary alicyclic amines) is 1. The lowest BCUT2D eigenvalue weighted by Crippen LogP contribution is -2.42. The Bertz CT molecular complexity index is 568. The van der Waals surface area contributed by atoms with Crippen molar-refractivity contribution in [1.29, 1.82) is 10.9 Å². The maximum atomic E-state index is 11.6. The minimum atomic E-state index is -0.360. The molecule has 0 aliphatic carbocycles. The SMILES string of the molecule is N=Cc1c(N)cc(Cl)cc1C1CCN(C(=O)NN=N)CC1. The van der Waals surface area contributed by atoms with E-state index in [1.807, 2.05) is 6.07 Å². The van der Waals surface area contributed by atoms with Gasteiger partial charge >= 0.3 is 6.03 Å². The van der Waals surface area contributed by atoms with Crippen molar-refractivity contribution in [3.05, 3.63) is 28.3 Å². The number of rotatable bonds is 3. The Morgan fingerprint density at radius 3 is 2.71 bits per heavy atom. The number of benzene rings is 1. The van der Waals surface area contributed by atoms with Crippen molar-refractivity contribution < 1.29 is 4.79 Å². The molecule has 0 bridgehead atoms. The van der Waals surface area contributed by atoms with Gasteiger partial charge in [0, 0.05) is 35.6 Å². The van der Waals surface area contributed by atoms with Crippen molar-refractivity contribution >= 4 is 29.5 Å². The molecule has 0 aromatic heterocycles. The normalized spacial score (nSPS) is 15.6. The third-order valence-electron chi connectivity index (χ3n) is 3.73. The fraction of sp³-hybridized carbons (Fsp3) is 0.385.